The van der Waals surface area contributed by atoms with Gasteiger partial charge < -0.3 is 19.9 Å². The van der Waals surface area contributed by atoms with Gasteiger partial charge in [-0.05, 0) is 12.1 Å². The molecular formula is C15H14N4O3. The van der Waals surface area contributed by atoms with Crippen LogP contribution in [0, 0.1) is 0 Å². The molecule has 1 aliphatic heterocycles. The predicted molar refractivity (Wildman–Crippen MR) is 80.0 cm³/mol. The third-order valence-electron chi connectivity index (χ3n) is 3.44. The van der Waals surface area contributed by atoms with Crippen LogP contribution in [0.3, 0.4) is 0 Å². The van der Waals surface area contributed by atoms with Gasteiger partial charge in [-0.25, -0.2) is 4.68 Å². The van der Waals surface area contributed by atoms with E-state index in [-0.39, 0.29) is 6.79 Å². The monoisotopic (exact) mass is 298 g/mol. The van der Waals surface area contributed by atoms with Gasteiger partial charge >= 0.3 is 0 Å². The van der Waals surface area contributed by atoms with E-state index in [1.807, 2.05) is 30.3 Å². The van der Waals surface area contributed by atoms with E-state index in [2.05, 4.69) is 10.3 Å². The first-order valence-electron chi connectivity index (χ1n) is 6.91. The molecule has 0 saturated heterocycles. The van der Waals surface area contributed by atoms with Crippen molar-refractivity contribution < 1.29 is 14.2 Å². The number of anilines is 1. The first-order valence-corrected chi connectivity index (χ1v) is 6.91. The van der Waals surface area contributed by atoms with Crippen molar-refractivity contribution in [3.05, 3.63) is 36.4 Å². The number of hydrogen-bond donors (Lipinski definition) is 1. The van der Waals surface area contributed by atoms with Crippen molar-refractivity contribution in [1.29, 1.82) is 0 Å². The molecule has 0 bridgehead atoms. The number of aromatic nitrogens is 3. The number of ether oxygens (including phenoxy) is 3. The summed E-state index contributed by atoms with van der Waals surface area (Å²) in [6.07, 6.45) is 0. The molecule has 0 saturated carbocycles. The second kappa shape index (κ2) is 5.10. The van der Waals surface area contributed by atoms with Crippen LogP contribution in [0.15, 0.2) is 36.4 Å². The van der Waals surface area contributed by atoms with Crippen molar-refractivity contribution in [3.63, 3.8) is 0 Å². The van der Waals surface area contributed by atoms with Crippen LogP contribution in [0.4, 0.5) is 5.69 Å². The molecule has 0 unspecified atom stereocenters. The third-order valence-corrected chi connectivity index (χ3v) is 3.44. The highest BCUT2D eigenvalue weighted by Crippen LogP contribution is 2.35. The van der Waals surface area contributed by atoms with Crippen molar-refractivity contribution in [1.82, 2.24) is 15.0 Å². The number of nitrogens with two attached hydrogens (primary N) is 1. The van der Waals surface area contributed by atoms with Crippen molar-refractivity contribution >= 4 is 16.7 Å². The number of benzene rings is 2. The van der Waals surface area contributed by atoms with Crippen LogP contribution >= 0.6 is 0 Å². The second-order valence-electron chi connectivity index (χ2n) is 4.93. The Morgan fingerprint density at radius 1 is 1.18 bits per heavy atom. The van der Waals surface area contributed by atoms with E-state index in [1.165, 1.54) is 0 Å². The van der Waals surface area contributed by atoms with E-state index in [9.17, 15) is 0 Å². The van der Waals surface area contributed by atoms with Crippen LogP contribution in [-0.2, 0) is 6.54 Å². The summed E-state index contributed by atoms with van der Waals surface area (Å²) in [5.41, 5.74) is 8.06. The normalized spacial score (nSPS) is 12.7. The van der Waals surface area contributed by atoms with Crippen molar-refractivity contribution in [3.8, 4) is 17.2 Å². The molecule has 0 amide bonds. The summed E-state index contributed by atoms with van der Waals surface area (Å²) in [4.78, 5) is 0. The van der Waals surface area contributed by atoms with Gasteiger partial charge in [-0.1, -0.05) is 11.3 Å². The van der Waals surface area contributed by atoms with E-state index >= 15 is 0 Å². The highest BCUT2D eigenvalue weighted by atomic mass is 16.7. The zero-order chi connectivity index (χ0) is 14.9. The lowest BCUT2D eigenvalue weighted by molar-refractivity contribution is 0.174. The maximum absolute atomic E-state index is 5.72. The molecule has 2 heterocycles. The molecule has 0 radical (unpaired) electrons. The van der Waals surface area contributed by atoms with Crippen molar-refractivity contribution in [2.75, 3.05) is 19.1 Å². The van der Waals surface area contributed by atoms with Crippen LogP contribution in [-0.4, -0.2) is 28.4 Å². The quantitative estimate of drug-likeness (QED) is 0.740. The molecule has 0 aliphatic carbocycles. The van der Waals surface area contributed by atoms with Crippen LogP contribution in [0.1, 0.15) is 0 Å². The maximum atomic E-state index is 5.72. The van der Waals surface area contributed by atoms with Gasteiger partial charge in [0.25, 0.3) is 0 Å². The van der Waals surface area contributed by atoms with E-state index < -0.39 is 0 Å². The average Bonchev–Trinajstić information content (AvgIpc) is 3.12. The molecule has 1 aromatic heterocycles. The summed E-state index contributed by atoms with van der Waals surface area (Å²) < 4.78 is 18.2. The topological polar surface area (TPSA) is 84.4 Å². The van der Waals surface area contributed by atoms with Crippen LogP contribution < -0.4 is 19.9 Å². The van der Waals surface area contributed by atoms with Gasteiger partial charge in [-0.2, -0.15) is 0 Å². The molecule has 3 aromatic rings. The van der Waals surface area contributed by atoms with Gasteiger partial charge in [0.15, 0.2) is 11.5 Å². The number of nitrogen functional groups attached to an aromatic ring is 1. The highest BCUT2D eigenvalue weighted by molar-refractivity contribution is 5.79. The Hall–Kier alpha value is -2.96. The van der Waals surface area contributed by atoms with Crippen LogP contribution in [0.2, 0.25) is 0 Å². The van der Waals surface area contributed by atoms with Gasteiger partial charge in [-0.3, -0.25) is 0 Å². The zero-order valence-electron chi connectivity index (χ0n) is 11.7. The Balaban J connectivity index is 1.50. The first kappa shape index (κ1) is 12.8. The average molecular weight is 298 g/mol. The van der Waals surface area contributed by atoms with Gasteiger partial charge in [0.2, 0.25) is 6.79 Å². The fourth-order valence-corrected chi connectivity index (χ4v) is 2.38. The minimum atomic E-state index is 0.244. The highest BCUT2D eigenvalue weighted by Gasteiger charge is 2.17. The summed E-state index contributed by atoms with van der Waals surface area (Å²) in [6, 6.07) is 11.1. The second-order valence-corrected chi connectivity index (χ2v) is 4.93. The molecule has 2 N–H and O–H groups in total. The molecule has 2 aromatic carbocycles. The lowest BCUT2D eigenvalue weighted by Crippen LogP contribution is -2.09. The molecule has 112 valence electrons. The third kappa shape index (κ3) is 2.26. The Morgan fingerprint density at radius 2 is 2.05 bits per heavy atom. The van der Waals surface area contributed by atoms with Gasteiger partial charge in [-0.15, -0.1) is 5.10 Å². The Bertz CT molecular complexity index is 831. The molecule has 1 aliphatic rings. The fourth-order valence-electron chi connectivity index (χ4n) is 2.38. The Morgan fingerprint density at radius 3 is 2.91 bits per heavy atom. The molecule has 0 atom stereocenters. The lowest BCUT2D eigenvalue weighted by atomic mass is 10.2. The van der Waals surface area contributed by atoms with E-state index in [0.29, 0.717) is 30.3 Å². The number of hydrogen-bond acceptors (Lipinski definition) is 6. The number of rotatable bonds is 4. The number of fused-ring (bicyclic) bond motifs is 2. The fraction of sp³-hybridized carbons (Fsp3) is 0.200. The van der Waals surface area contributed by atoms with Crippen molar-refractivity contribution in [2.45, 2.75) is 6.54 Å². The summed E-state index contributed by atoms with van der Waals surface area (Å²) in [5, 5.41) is 8.27. The summed E-state index contributed by atoms with van der Waals surface area (Å²) >= 11 is 0. The molecule has 4 rings (SSSR count). The summed E-state index contributed by atoms with van der Waals surface area (Å²) in [6.45, 7) is 1.29. The van der Waals surface area contributed by atoms with E-state index in [1.54, 1.807) is 10.7 Å². The van der Waals surface area contributed by atoms with Gasteiger partial charge in [0, 0.05) is 23.9 Å². The largest absolute Gasteiger partial charge is 0.492 e. The molecule has 0 fully saturated rings. The van der Waals surface area contributed by atoms with Gasteiger partial charge in [0.1, 0.15) is 17.9 Å². The van der Waals surface area contributed by atoms with Crippen molar-refractivity contribution in [2.24, 2.45) is 0 Å². The molecule has 22 heavy (non-hydrogen) atoms. The van der Waals surface area contributed by atoms with Crippen LogP contribution in [0.25, 0.3) is 11.0 Å². The minimum Gasteiger partial charge on any atom is -0.492 e. The number of nitrogens with zero attached hydrogens (tertiary/aromatic N) is 3. The van der Waals surface area contributed by atoms with Crippen LogP contribution in [0.5, 0.6) is 17.2 Å². The summed E-state index contributed by atoms with van der Waals surface area (Å²) in [7, 11) is 0. The lowest BCUT2D eigenvalue weighted by Gasteiger charge is -2.07. The van der Waals surface area contributed by atoms with E-state index in [0.717, 1.165) is 16.8 Å². The molecule has 0 spiro atoms. The minimum absolute atomic E-state index is 0.244. The zero-order valence-corrected chi connectivity index (χ0v) is 11.7. The summed E-state index contributed by atoms with van der Waals surface area (Å²) in [5.74, 6) is 2.16. The Kier molecular flexibility index (Phi) is 2.96. The standard InChI is InChI=1S/C15H14N4O3/c16-10-2-1-3-11(6-10)20-5-4-19-13-8-15-14(21-9-22-15)7-12(13)17-18-19/h1-3,6-8H,4-5,9,16H2. The molecule has 7 nitrogen and oxygen atoms in total. The molecular weight excluding hydrogens is 284 g/mol. The smallest absolute Gasteiger partial charge is 0.231 e. The molecule has 7 heteroatoms. The van der Waals surface area contributed by atoms with Gasteiger partial charge in [0.05, 0.1) is 12.1 Å². The predicted octanol–water partition coefficient (Wildman–Crippen LogP) is 1.82. The SMILES string of the molecule is Nc1cccc(OCCn2nnc3cc4c(cc32)OCO4)c1. The van der Waals surface area contributed by atoms with E-state index in [4.69, 9.17) is 19.9 Å². The first-order chi connectivity index (χ1) is 10.8. The Labute approximate surface area is 126 Å². The maximum Gasteiger partial charge on any atom is 0.231 e.